The van der Waals surface area contributed by atoms with Gasteiger partial charge in [0.25, 0.3) is 0 Å². The van der Waals surface area contributed by atoms with Crippen LogP contribution in [0.3, 0.4) is 0 Å². The van der Waals surface area contributed by atoms with E-state index in [-0.39, 0.29) is 6.04 Å². The van der Waals surface area contributed by atoms with Crippen molar-refractivity contribution in [1.82, 2.24) is 29.1 Å². The van der Waals surface area contributed by atoms with E-state index < -0.39 is 0 Å². The maximum absolute atomic E-state index is 5.26. The van der Waals surface area contributed by atoms with Gasteiger partial charge in [0.05, 0.1) is 42.4 Å². The molecule has 1 unspecified atom stereocenters. The van der Waals surface area contributed by atoms with Gasteiger partial charge < -0.3 is 19.2 Å². The predicted octanol–water partition coefficient (Wildman–Crippen LogP) is 5.13. The van der Waals surface area contributed by atoms with Gasteiger partial charge in [0.15, 0.2) is 0 Å². The summed E-state index contributed by atoms with van der Waals surface area (Å²) >= 11 is 0. The summed E-state index contributed by atoms with van der Waals surface area (Å²) < 4.78 is 9.40. The zero-order chi connectivity index (χ0) is 24.6. The first-order valence-corrected chi connectivity index (χ1v) is 11.6. The van der Waals surface area contributed by atoms with Crippen molar-refractivity contribution in [2.45, 2.75) is 6.04 Å². The van der Waals surface area contributed by atoms with Crippen molar-refractivity contribution in [3.63, 3.8) is 0 Å². The van der Waals surface area contributed by atoms with Crippen LogP contribution in [0.2, 0.25) is 0 Å². The number of aryl methyl sites for hydroxylation is 2. The Bertz CT molecular complexity index is 1680. The van der Waals surface area contributed by atoms with E-state index in [1.807, 2.05) is 42.2 Å². The summed E-state index contributed by atoms with van der Waals surface area (Å²) in [6.45, 7) is 0. The monoisotopic (exact) mass is 475 g/mol. The third-order valence-corrected chi connectivity index (χ3v) is 6.54. The molecule has 0 saturated heterocycles. The summed E-state index contributed by atoms with van der Waals surface area (Å²) in [7, 11) is 5.66. The van der Waals surface area contributed by atoms with E-state index in [4.69, 9.17) is 4.74 Å². The Hall–Kier alpha value is -4.72. The summed E-state index contributed by atoms with van der Waals surface area (Å²) in [5, 5.41) is 4.91. The third-order valence-electron chi connectivity index (χ3n) is 6.54. The topological polar surface area (TPSA) is 82.7 Å². The van der Waals surface area contributed by atoms with Crippen LogP contribution in [0.25, 0.3) is 33.1 Å². The normalized spacial score (nSPS) is 12.2. The van der Waals surface area contributed by atoms with Crippen LogP contribution in [0.4, 0.5) is 5.69 Å². The lowest BCUT2D eigenvalue weighted by Crippen LogP contribution is -2.16. The van der Waals surface area contributed by atoms with Crippen molar-refractivity contribution in [3.05, 3.63) is 97.1 Å². The molecule has 0 saturated carbocycles. The van der Waals surface area contributed by atoms with Crippen molar-refractivity contribution in [2.24, 2.45) is 14.1 Å². The number of hydrogen-bond acceptors (Lipinski definition) is 6. The molecule has 0 aliphatic carbocycles. The van der Waals surface area contributed by atoms with Gasteiger partial charge in [-0.25, -0.2) is 9.97 Å². The van der Waals surface area contributed by atoms with Crippen molar-refractivity contribution < 1.29 is 4.74 Å². The fraction of sp³-hybridized carbons (Fsp3) is 0.143. The molecule has 0 spiro atoms. The summed E-state index contributed by atoms with van der Waals surface area (Å²) in [6.07, 6.45) is 11.0. The number of fused-ring (bicyclic) bond motifs is 2. The first-order valence-electron chi connectivity index (χ1n) is 11.6. The van der Waals surface area contributed by atoms with Crippen LogP contribution < -0.4 is 10.1 Å². The number of pyridine rings is 1. The van der Waals surface area contributed by atoms with Crippen LogP contribution in [0.1, 0.15) is 17.3 Å². The molecule has 0 bridgehead atoms. The minimum absolute atomic E-state index is 0.187. The summed E-state index contributed by atoms with van der Waals surface area (Å²) in [4.78, 5) is 18.1. The number of imidazole rings is 1. The number of anilines is 1. The Morgan fingerprint density at radius 3 is 2.56 bits per heavy atom. The molecule has 4 aromatic heterocycles. The average molecular weight is 476 g/mol. The largest absolute Gasteiger partial charge is 0.481 e. The quantitative estimate of drug-likeness (QED) is 0.360. The SMILES string of the molecule is COc1ccc(C(Nc2cc(-c3ccc4ccn(C)c4c3)c3nccnc3c2)c2cncn2C)cn1. The summed E-state index contributed by atoms with van der Waals surface area (Å²) in [5.74, 6) is 0.571. The fourth-order valence-electron chi connectivity index (χ4n) is 4.63. The Labute approximate surface area is 208 Å². The summed E-state index contributed by atoms with van der Waals surface area (Å²) in [6, 6.07) is 16.5. The minimum atomic E-state index is -0.187. The van der Waals surface area contributed by atoms with E-state index in [0.717, 1.165) is 39.1 Å². The number of nitrogens with one attached hydrogen (secondary N) is 1. The third kappa shape index (κ3) is 3.82. The zero-order valence-corrected chi connectivity index (χ0v) is 20.3. The van der Waals surface area contributed by atoms with E-state index in [2.05, 4.69) is 73.4 Å². The first-order chi connectivity index (χ1) is 17.6. The molecule has 1 N–H and O–H groups in total. The average Bonchev–Trinajstić information content (AvgIpc) is 3.51. The molecule has 0 aliphatic heterocycles. The highest BCUT2D eigenvalue weighted by molar-refractivity contribution is 5.97. The molecule has 8 nitrogen and oxygen atoms in total. The van der Waals surface area contributed by atoms with Gasteiger partial charge in [-0.1, -0.05) is 12.1 Å². The maximum atomic E-state index is 5.26. The molecule has 178 valence electrons. The van der Waals surface area contributed by atoms with Crippen molar-refractivity contribution in [1.29, 1.82) is 0 Å². The maximum Gasteiger partial charge on any atom is 0.212 e. The van der Waals surface area contributed by atoms with Gasteiger partial charge in [0.2, 0.25) is 5.88 Å². The standard InChI is InChI=1S/C28H25N7O/c1-34-11-8-18-4-5-19(12-24(18)34)22-13-21(14-23-28(22)31-10-9-30-23)33-27(25-16-29-17-35(25)2)20-6-7-26(36-3)32-15-20/h4-17,27,33H,1-3H3. The fourth-order valence-corrected chi connectivity index (χ4v) is 4.63. The lowest BCUT2D eigenvalue weighted by atomic mass is 10.0. The first kappa shape index (κ1) is 21.8. The Morgan fingerprint density at radius 1 is 0.889 bits per heavy atom. The number of ether oxygens (including phenoxy) is 1. The molecule has 0 radical (unpaired) electrons. The number of rotatable bonds is 6. The highest BCUT2D eigenvalue weighted by Gasteiger charge is 2.20. The highest BCUT2D eigenvalue weighted by Crippen LogP contribution is 2.34. The second-order valence-corrected chi connectivity index (χ2v) is 8.79. The number of aromatic nitrogens is 6. The number of methoxy groups -OCH3 is 1. The van der Waals surface area contributed by atoms with E-state index in [1.54, 1.807) is 25.8 Å². The lowest BCUT2D eigenvalue weighted by Gasteiger charge is -2.22. The molecule has 8 heteroatoms. The molecular weight excluding hydrogens is 450 g/mol. The van der Waals surface area contributed by atoms with Crippen LogP contribution in [0.15, 0.2) is 85.8 Å². The Morgan fingerprint density at radius 2 is 1.78 bits per heavy atom. The van der Waals surface area contributed by atoms with E-state index in [0.29, 0.717) is 5.88 Å². The van der Waals surface area contributed by atoms with Gasteiger partial charge in [-0.05, 0) is 46.8 Å². The van der Waals surface area contributed by atoms with Gasteiger partial charge in [-0.2, -0.15) is 0 Å². The lowest BCUT2D eigenvalue weighted by molar-refractivity contribution is 0.397. The predicted molar refractivity (Wildman–Crippen MR) is 141 cm³/mol. The Balaban J connectivity index is 1.48. The van der Waals surface area contributed by atoms with Gasteiger partial charge >= 0.3 is 0 Å². The number of benzene rings is 2. The molecule has 6 aromatic rings. The van der Waals surface area contributed by atoms with Gasteiger partial charge in [-0.15, -0.1) is 0 Å². The second kappa shape index (κ2) is 8.81. The van der Waals surface area contributed by atoms with E-state index in [1.165, 1.54) is 10.9 Å². The van der Waals surface area contributed by atoms with Gasteiger partial charge in [0.1, 0.15) is 0 Å². The van der Waals surface area contributed by atoms with E-state index in [9.17, 15) is 0 Å². The van der Waals surface area contributed by atoms with Crippen LogP contribution in [0.5, 0.6) is 5.88 Å². The molecule has 4 heterocycles. The van der Waals surface area contributed by atoms with Crippen molar-refractivity contribution in [2.75, 3.05) is 12.4 Å². The Kier molecular flexibility index (Phi) is 5.33. The molecule has 1 atom stereocenters. The molecule has 6 rings (SSSR count). The van der Waals surface area contributed by atoms with E-state index >= 15 is 0 Å². The smallest absolute Gasteiger partial charge is 0.212 e. The van der Waals surface area contributed by atoms with Crippen LogP contribution >= 0.6 is 0 Å². The summed E-state index contributed by atoms with van der Waals surface area (Å²) in [5.41, 5.74) is 7.87. The van der Waals surface area contributed by atoms with Crippen molar-refractivity contribution in [3.8, 4) is 17.0 Å². The van der Waals surface area contributed by atoms with Crippen LogP contribution in [-0.2, 0) is 14.1 Å². The number of hydrogen-bond donors (Lipinski definition) is 1. The molecule has 36 heavy (non-hydrogen) atoms. The molecule has 0 fully saturated rings. The van der Waals surface area contributed by atoms with Gasteiger partial charge in [0, 0.05) is 61.7 Å². The highest BCUT2D eigenvalue weighted by atomic mass is 16.5. The van der Waals surface area contributed by atoms with Crippen LogP contribution in [-0.4, -0.2) is 36.2 Å². The molecule has 0 amide bonds. The second-order valence-electron chi connectivity index (χ2n) is 8.79. The van der Waals surface area contributed by atoms with Crippen LogP contribution in [0, 0.1) is 0 Å². The molecule has 2 aromatic carbocycles. The zero-order valence-electron chi connectivity index (χ0n) is 20.3. The molecular formula is C28H25N7O. The van der Waals surface area contributed by atoms with Gasteiger partial charge in [-0.3, -0.25) is 9.97 Å². The minimum Gasteiger partial charge on any atom is -0.481 e. The number of nitrogens with zero attached hydrogens (tertiary/aromatic N) is 6. The molecule has 0 aliphatic rings. The van der Waals surface area contributed by atoms with Crippen molar-refractivity contribution >= 4 is 27.6 Å².